The number of anilines is 2. The van der Waals surface area contributed by atoms with E-state index < -0.39 is 0 Å². The predicted molar refractivity (Wildman–Crippen MR) is 102 cm³/mol. The fourth-order valence-electron chi connectivity index (χ4n) is 3.15. The van der Waals surface area contributed by atoms with Gasteiger partial charge in [0.05, 0.1) is 0 Å². The standard InChI is InChI=1S/C21H26N2O2/c1-16(18-5-3-2-4-6-18)22-19-7-9-20(10-8-19)23-21(24)15-17-11-13-25-14-12-17/h2-10,16-17,22H,11-15H2,1H3,(H,23,24). The Hall–Kier alpha value is -2.33. The van der Waals surface area contributed by atoms with Crippen LogP contribution in [-0.2, 0) is 9.53 Å². The van der Waals surface area contributed by atoms with Gasteiger partial charge in [-0.25, -0.2) is 0 Å². The molecule has 0 bridgehead atoms. The average molecular weight is 338 g/mol. The lowest BCUT2D eigenvalue weighted by Gasteiger charge is -2.21. The number of rotatable bonds is 6. The number of ether oxygens (including phenoxy) is 1. The highest BCUT2D eigenvalue weighted by molar-refractivity contribution is 5.91. The second-order valence-electron chi connectivity index (χ2n) is 6.66. The summed E-state index contributed by atoms with van der Waals surface area (Å²) in [7, 11) is 0. The Morgan fingerprint density at radius 3 is 2.36 bits per heavy atom. The number of benzene rings is 2. The quantitative estimate of drug-likeness (QED) is 0.808. The van der Waals surface area contributed by atoms with Crippen LogP contribution in [0.15, 0.2) is 54.6 Å². The molecule has 2 N–H and O–H groups in total. The van der Waals surface area contributed by atoms with Crippen LogP contribution in [0.5, 0.6) is 0 Å². The summed E-state index contributed by atoms with van der Waals surface area (Å²) in [6.45, 7) is 3.69. The highest BCUT2D eigenvalue weighted by atomic mass is 16.5. The maximum Gasteiger partial charge on any atom is 0.224 e. The van der Waals surface area contributed by atoms with Gasteiger partial charge in [-0.3, -0.25) is 4.79 Å². The molecule has 2 aromatic rings. The molecular weight excluding hydrogens is 312 g/mol. The van der Waals surface area contributed by atoms with E-state index in [1.807, 2.05) is 42.5 Å². The molecule has 1 aliphatic heterocycles. The highest BCUT2D eigenvalue weighted by Gasteiger charge is 2.17. The minimum Gasteiger partial charge on any atom is -0.381 e. The van der Waals surface area contributed by atoms with Crippen LogP contribution < -0.4 is 10.6 Å². The Morgan fingerprint density at radius 2 is 1.68 bits per heavy atom. The van der Waals surface area contributed by atoms with Crippen LogP contribution in [0.1, 0.15) is 37.8 Å². The van der Waals surface area contributed by atoms with E-state index in [4.69, 9.17) is 4.74 Å². The van der Waals surface area contributed by atoms with Crippen LogP contribution in [0.2, 0.25) is 0 Å². The van der Waals surface area contributed by atoms with Gasteiger partial charge in [-0.05, 0) is 55.5 Å². The molecular formula is C21H26N2O2. The molecule has 4 nitrogen and oxygen atoms in total. The molecule has 0 radical (unpaired) electrons. The molecule has 1 aliphatic rings. The third-order valence-electron chi connectivity index (χ3n) is 4.67. The van der Waals surface area contributed by atoms with Gasteiger partial charge in [0.25, 0.3) is 0 Å². The maximum atomic E-state index is 12.2. The Balaban J connectivity index is 1.50. The lowest BCUT2D eigenvalue weighted by Crippen LogP contribution is -2.22. The summed E-state index contributed by atoms with van der Waals surface area (Å²) in [4.78, 5) is 12.2. The predicted octanol–water partition coefficient (Wildman–Crippen LogP) is 4.61. The fourth-order valence-corrected chi connectivity index (χ4v) is 3.15. The number of carbonyl (C=O) groups is 1. The van der Waals surface area contributed by atoms with Crippen molar-refractivity contribution in [2.45, 2.75) is 32.2 Å². The highest BCUT2D eigenvalue weighted by Crippen LogP contribution is 2.22. The molecule has 2 aromatic carbocycles. The minimum atomic E-state index is 0.0882. The van der Waals surface area contributed by atoms with E-state index in [1.165, 1.54) is 5.56 Å². The van der Waals surface area contributed by atoms with Gasteiger partial charge >= 0.3 is 0 Å². The largest absolute Gasteiger partial charge is 0.381 e. The maximum absolute atomic E-state index is 12.2. The van der Waals surface area contributed by atoms with Gasteiger partial charge in [0.15, 0.2) is 0 Å². The van der Waals surface area contributed by atoms with Gasteiger partial charge < -0.3 is 15.4 Å². The lowest BCUT2D eigenvalue weighted by atomic mass is 9.96. The second-order valence-corrected chi connectivity index (χ2v) is 6.66. The first-order valence-corrected chi connectivity index (χ1v) is 9.00. The van der Waals surface area contributed by atoms with Crippen LogP contribution in [0.25, 0.3) is 0 Å². The summed E-state index contributed by atoms with van der Waals surface area (Å²) in [5.74, 6) is 0.534. The molecule has 1 heterocycles. The van der Waals surface area contributed by atoms with Gasteiger partial charge in [-0.2, -0.15) is 0 Å². The van der Waals surface area contributed by atoms with E-state index in [2.05, 4.69) is 29.7 Å². The zero-order valence-corrected chi connectivity index (χ0v) is 14.7. The van der Waals surface area contributed by atoms with Crippen molar-refractivity contribution in [2.24, 2.45) is 5.92 Å². The van der Waals surface area contributed by atoms with Crippen molar-refractivity contribution in [3.63, 3.8) is 0 Å². The molecule has 0 spiro atoms. The van der Waals surface area contributed by atoms with Crippen molar-refractivity contribution in [1.82, 2.24) is 0 Å². The van der Waals surface area contributed by atoms with Crippen LogP contribution in [0.4, 0.5) is 11.4 Å². The van der Waals surface area contributed by atoms with Crippen LogP contribution in [0.3, 0.4) is 0 Å². The monoisotopic (exact) mass is 338 g/mol. The minimum absolute atomic E-state index is 0.0882. The number of amides is 1. The SMILES string of the molecule is CC(Nc1ccc(NC(=O)CC2CCOCC2)cc1)c1ccccc1. The normalized spacial score (nSPS) is 16.2. The first-order chi connectivity index (χ1) is 12.2. The van der Waals surface area contributed by atoms with E-state index in [0.717, 1.165) is 37.4 Å². The Bertz CT molecular complexity index is 664. The van der Waals surface area contributed by atoms with E-state index in [0.29, 0.717) is 12.3 Å². The van der Waals surface area contributed by atoms with Crippen molar-refractivity contribution in [1.29, 1.82) is 0 Å². The number of hydrogen-bond acceptors (Lipinski definition) is 3. The molecule has 1 fully saturated rings. The van der Waals surface area contributed by atoms with Gasteiger partial charge in [-0.1, -0.05) is 30.3 Å². The molecule has 1 unspecified atom stereocenters. The van der Waals surface area contributed by atoms with E-state index >= 15 is 0 Å². The Labute approximate surface area is 149 Å². The summed E-state index contributed by atoms with van der Waals surface area (Å²) < 4.78 is 5.34. The van der Waals surface area contributed by atoms with E-state index in [9.17, 15) is 4.79 Å². The van der Waals surface area contributed by atoms with Crippen molar-refractivity contribution >= 4 is 17.3 Å². The van der Waals surface area contributed by atoms with Crippen molar-refractivity contribution < 1.29 is 9.53 Å². The van der Waals surface area contributed by atoms with E-state index in [1.54, 1.807) is 0 Å². The van der Waals surface area contributed by atoms with Gasteiger partial charge in [0, 0.05) is 37.1 Å². The molecule has 1 amide bonds. The van der Waals surface area contributed by atoms with E-state index in [-0.39, 0.29) is 11.9 Å². The lowest BCUT2D eigenvalue weighted by molar-refractivity contribution is -0.117. The molecule has 0 saturated carbocycles. The number of nitrogens with one attached hydrogen (secondary N) is 2. The van der Waals surface area contributed by atoms with Gasteiger partial charge in [-0.15, -0.1) is 0 Å². The van der Waals surface area contributed by atoms with Crippen LogP contribution in [0, 0.1) is 5.92 Å². The van der Waals surface area contributed by atoms with Gasteiger partial charge in [0.2, 0.25) is 5.91 Å². The second kappa shape index (κ2) is 8.67. The average Bonchev–Trinajstić information content (AvgIpc) is 2.65. The summed E-state index contributed by atoms with van der Waals surface area (Å²) in [6, 6.07) is 18.5. The van der Waals surface area contributed by atoms with Crippen molar-refractivity contribution in [3.8, 4) is 0 Å². The molecule has 1 atom stereocenters. The van der Waals surface area contributed by atoms with Crippen LogP contribution in [-0.4, -0.2) is 19.1 Å². The van der Waals surface area contributed by atoms with Crippen LogP contribution >= 0.6 is 0 Å². The number of carbonyl (C=O) groups excluding carboxylic acids is 1. The molecule has 0 aliphatic carbocycles. The zero-order valence-electron chi connectivity index (χ0n) is 14.7. The fraction of sp³-hybridized carbons (Fsp3) is 0.381. The summed E-state index contributed by atoms with van der Waals surface area (Å²) in [5, 5.41) is 6.47. The van der Waals surface area contributed by atoms with Crippen molar-refractivity contribution in [3.05, 3.63) is 60.2 Å². The van der Waals surface area contributed by atoms with Crippen molar-refractivity contribution in [2.75, 3.05) is 23.8 Å². The Morgan fingerprint density at radius 1 is 1.04 bits per heavy atom. The smallest absolute Gasteiger partial charge is 0.224 e. The molecule has 132 valence electrons. The molecule has 0 aromatic heterocycles. The number of hydrogen-bond donors (Lipinski definition) is 2. The third-order valence-corrected chi connectivity index (χ3v) is 4.67. The third kappa shape index (κ3) is 5.33. The van der Waals surface area contributed by atoms with Gasteiger partial charge in [0.1, 0.15) is 0 Å². The molecule has 1 saturated heterocycles. The summed E-state index contributed by atoms with van der Waals surface area (Å²) in [6.07, 6.45) is 2.54. The first-order valence-electron chi connectivity index (χ1n) is 9.00. The molecule has 4 heteroatoms. The topological polar surface area (TPSA) is 50.4 Å². The first kappa shape index (κ1) is 17.5. The Kier molecular flexibility index (Phi) is 6.07. The molecule has 25 heavy (non-hydrogen) atoms. The summed E-state index contributed by atoms with van der Waals surface area (Å²) >= 11 is 0. The zero-order chi connectivity index (χ0) is 17.5. The summed E-state index contributed by atoms with van der Waals surface area (Å²) in [5.41, 5.74) is 3.13. The molecule has 3 rings (SSSR count).